The van der Waals surface area contributed by atoms with Crippen LogP contribution in [0.15, 0.2) is 48.5 Å². The second-order valence-corrected chi connectivity index (χ2v) is 4.41. The zero-order chi connectivity index (χ0) is 14.7. The normalized spacial score (nSPS) is 10.1. The highest BCUT2D eigenvalue weighted by Gasteiger charge is 2.19. The number of hydrogen-bond donors (Lipinski definition) is 0. The average Bonchev–Trinajstić information content (AvgIpc) is 2.46. The van der Waals surface area contributed by atoms with Gasteiger partial charge in [0, 0.05) is 28.3 Å². The molecule has 2 aromatic carbocycles. The van der Waals surface area contributed by atoms with Crippen molar-refractivity contribution >= 4 is 28.9 Å². The fourth-order valence-electron chi connectivity index (χ4n) is 1.60. The van der Waals surface area contributed by atoms with Crippen molar-refractivity contribution in [2.75, 3.05) is 0 Å². The Morgan fingerprint density at radius 2 is 1.25 bits per heavy atom. The van der Waals surface area contributed by atoms with E-state index in [0.717, 1.165) is 0 Å². The molecule has 0 aliphatic rings. The van der Waals surface area contributed by atoms with Crippen LogP contribution in [0.25, 0.3) is 0 Å². The summed E-state index contributed by atoms with van der Waals surface area (Å²) in [7, 11) is 0. The fourth-order valence-corrected chi connectivity index (χ4v) is 1.72. The molecule has 0 aliphatic carbocycles. The first-order chi connectivity index (χ1) is 9.49. The Balaban J connectivity index is 2.24. The maximum atomic E-state index is 12.0. The Kier molecular flexibility index (Phi) is 3.91. The van der Waals surface area contributed by atoms with Gasteiger partial charge in [0.05, 0.1) is 4.92 Å². The third-order valence-electron chi connectivity index (χ3n) is 2.65. The van der Waals surface area contributed by atoms with Gasteiger partial charge >= 0.3 is 0 Å². The number of Topliss-reactive ketones (excluding diaryl/α,β-unsaturated/α-hetero) is 2. The minimum atomic E-state index is -0.720. The van der Waals surface area contributed by atoms with Crippen molar-refractivity contribution in [3.05, 3.63) is 74.8 Å². The number of nitrogens with zero attached hydrogens (tertiary/aromatic N) is 1. The summed E-state index contributed by atoms with van der Waals surface area (Å²) >= 11 is 5.70. The molecule has 2 aromatic rings. The molecule has 0 aliphatic heterocycles. The lowest BCUT2D eigenvalue weighted by atomic mass is 10.0. The first-order valence-electron chi connectivity index (χ1n) is 5.58. The molecule has 5 nitrogen and oxygen atoms in total. The summed E-state index contributed by atoms with van der Waals surface area (Å²) in [6.45, 7) is 0. The number of nitro benzene ring substituents is 1. The number of hydrogen-bond acceptors (Lipinski definition) is 4. The number of carbonyl (C=O) groups is 2. The van der Waals surface area contributed by atoms with Crippen LogP contribution in [-0.2, 0) is 0 Å². The van der Waals surface area contributed by atoms with E-state index < -0.39 is 16.5 Å². The third kappa shape index (κ3) is 2.89. The number of nitro groups is 1. The van der Waals surface area contributed by atoms with Gasteiger partial charge in [0.25, 0.3) is 5.69 Å². The molecule has 0 bridgehead atoms. The zero-order valence-electron chi connectivity index (χ0n) is 10.1. The van der Waals surface area contributed by atoms with E-state index in [-0.39, 0.29) is 16.8 Å². The van der Waals surface area contributed by atoms with Gasteiger partial charge in [0.2, 0.25) is 11.6 Å². The number of halogens is 1. The van der Waals surface area contributed by atoms with Crippen molar-refractivity contribution in [1.29, 1.82) is 0 Å². The van der Waals surface area contributed by atoms with Crippen LogP contribution in [0.2, 0.25) is 5.02 Å². The second kappa shape index (κ2) is 5.63. The molecule has 0 aromatic heterocycles. The number of benzene rings is 2. The lowest BCUT2D eigenvalue weighted by Crippen LogP contribution is -2.14. The molecule has 0 fully saturated rings. The molecular formula is C14H8ClNO4. The molecule has 6 heteroatoms. The fraction of sp³-hybridized carbons (Fsp3) is 0. The highest BCUT2D eigenvalue weighted by Crippen LogP contribution is 2.15. The summed E-state index contributed by atoms with van der Waals surface area (Å²) < 4.78 is 0. The van der Waals surface area contributed by atoms with E-state index in [1.807, 2.05) is 0 Å². The van der Waals surface area contributed by atoms with Crippen molar-refractivity contribution in [3.63, 3.8) is 0 Å². The largest absolute Gasteiger partial charge is 0.285 e. The van der Waals surface area contributed by atoms with E-state index in [1.165, 1.54) is 48.5 Å². The Morgan fingerprint density at radius 3 is 1.65 bits per heavy atom. The lowest BCUT2D eigenvalue weighted by Gasteiger charge is -2.01. The summed E-state index contributed by atoms with van der Waals surface area (Å²) in [4.78, 5) is 33.8. The van der Waals surface area contributed by atoms with Crippen LogP contribution in [0.1, 0.15) is 20.7 Å². The van der Waals surface area contributed by atoms with Gasteiger partial charge in [-0.25, -0.2) is 0 Å². The molecule has 2 rings (SSSR count). The number of carbonyl (C=O) groups excluding carboxylic acids is 2. The first-order valence-corrected chi connectivity index (χ1v) is 5.96. The van der Waals surface area contributed by atoms with Crippen molar-refractivity contribution in [2.24, 2.45) is 0 Å². The van der Waals surface area contributed by atoms with Crippen LogP contribution < -0.4 is 0 Å². The Hall–Kier alpha value is -2.53. The van der Waals surface area contributed by atoms with E-state index in [1.54, 1.807) is 0 Å². The van der Waals surface area contributed by atoms with E-state index in [2.05, 4.69) is 0 Å². The van der Waals surface area contributed by atoms with Crippen LogP contribution in [0.5, 0.6) is 0 Å². The quantitative estimate of drug-likeness (QED) is 0.374. The Bertz CT molecular complexity index is 677. The minimum Gasteiger partial charge on any atom is -0.285 e. The molecule has 100 valence electrons. The van der Waals surface area contributed by atoms with Gasteiger partial charge in [0.15, 0.2) is 0 Å². The second-order valence-electron chi connectivity index (χ2n) is 3.97. The van der Waals surface area contributed by atoms with Gasteiger partial charge in [-0.1, -0.05) is 11.6 Å². The molecule has 0 N–H and O–H groups in total. The number of ketones is 2. The topological polar surface area (TPSA) is 77.3 Å². The van der Waals surface area contributed by atoms with Crippen molar-refractivity contribution in [3.8, 4) is 0 Å². The molecule has 0 saturated carbocycles. The van der Waals surface area contributed by atoms with Gasteiger partial charge in [0.1, 0.15) is 0 Å². The van der Waals surface area contributed by atoms with Gasteiger partial charge in [-0.05, 0) is 36.4 Å². The van der Waals surface area contributed by atoms with Gasteiger partial charge < -0.3 is 0 Å². The van der Waals surface area contributed by atoms with Gasteiger partial charge in [-0.15, -0.1) is 0 Å². The molecule has 0 saturated heterocycles. The molecule has 20 heavy (non-hydrogen) atoms. The van der Waals surface area contributed by atoms with Crippen molar-refractivity contribution < 1.29 is 14.5 Å². The molecular weight excluding hydrogens is 282 g/mol. The first kappa shape index (κ1) is 13.9. The summed E-state index contributed by atoms with van der Waals surface area (Å²) in [6, 6.07) is 10.8. The van der Waals surface area contributed by atoms with Gasteiger partial charge in [-0.3, -0.25) is 19.7 Å². The average molecular weight is 290 g/mol. The SMILES string of the molecule is O=C(C(=O)c1ccc([N+](=O)[O-])cc1)c1ccc(Cl)cc1. The van der Waals surface area contributed by atoms with Crippen LogP contribution in [0.4, 0.5) is 5.69 Å². The molecule has 0 heterocycles. The molecule has 0 unspecified atom stereocenters. The Labute approximate surface area is 118 Å². The predicted octanol–water partition coefficient (Wildman–Crippen LogP) is 3.31. The maximum absolute atomic E-state index is 12.0. The van der Waals surface area contributed by atoms with Crippen LogP contribution in [-0.4, -0.2) is 16.5 Å². The van der Waals surface area contributed by atoms with Crippen molar-refractivity contribution in [1.82, 2.24) is 0 Å². The number of non-ortho nitro benzene ring substituents is 1. The predicted molar refractivity (Wildman–Crippen MR) is 73.2 cm³/mol. The smallest absolute Gasteiger partial charge is 0.269 e. The highest BCUT2D eigenvalue weighted by atomic mass is 35.5. The van der Waals surface area contributed by atoms with Crippen LogP contribution in [0.3, 0.4) is 0 Å². The third-order valence-corrected chi connectivity index (χ3v) is 2.90. The maximum Gasteiger partial charge on any atom is 0.269 e. The summed E-state index contributed by atoms with van der Waals surface area (Å²) in [5.41, 5.74) is 0.189. The monoisotopic (exact) mass is 289 g/mol. The van der Waals surface area contributed by atoms with Crippen LogP contribution in [0, 0.1) is 10.1 Å². The van der Waals surface area contributed by atoms with Crippen LogP contribution >= 0.6 is 11.6 Å². The van der Waals surface area contributed by atoms with E-state index in [0.29, 0.717) is 5.02 Å². The molecule has 0 radical (unpaired) electrons. The summed E-state index contributed by atoms with van der Waals surface area (Å²) in [5, 5.41) is 11.0. The van der Waals surface area contributed by atoms with E-state index in [9.17, 15) is 19.7 Å². The highest BCUT2D eigenvalue weighted by molar-refractivity contribution is 6.49. The molecule has 0 spiro atoms. The summed E-state index contributed by atoms with van der Waals surface area (Å²) in [6.07, 6.45) is 0. The summed E-state index contributed by atoms with van der Waals surface area (Å²) in [5.74, 6) is -1.40. The van der Waals surface area contributed by atoms with Gasteiger partial charge in [-0.2, -0.15) is 0 Å². The number of rotatable bonds is 4. The lowest BCUT2D eigenvalue weighted by molar-refractivity contribution is -0.384. The standard InChI is InChI=1S/C14H8ClNO4/c15-11-5-1-9(2-6-11)13(17)14(18)10-3-7-12(8-4-10)16(19)20/h1-8H. The minimum absolute atomic E-state index is 0.107. The van der Waals surface area contributed by atoms with Crippen molar-refractivity contribution in [2.45, 2.75) is 0 Å². The molecule has 0 atom stereocenters. The van der Waals surface area contributed by atoms with E-state index in [4.69, 9.17) is 11.6 Å². The zero-order valence-corrected chi connectivity index (χ0v) is 10.8. The van der Waals surface area contributed by atoms with E-state index >= 15 is 0 Å². The molecule has 0 amide bonds. The Morgan fingerprint density at radius 1 is 0.850 bits per heavy atom.